The number of hydrogen-bond acceptors (Lipinski definition) is 6. The molecule has 3 aromatic rings. The number of aryl methyl sites for hydroxylation is 2. The SMILES string of the molecule is Cc1nn2cc(CNC(=O)c3c(C)ccn(CC4CCCO4)c3=O)nc2s1. The second-order valence-electron chi connectivity index (χ2n) is 6.73. The van der Waals surface area contributed by atoms with Gasteiger partial charge in [0.15, 0.2) is 0 Å². The Bertz CT molecular complexity index is 1010. The summed E-state index contributed by atoms with van der Waals surface area (Å²) in [7, 11) is 0. The molecular formula is C18H21N5O3S. The molecule has 0 bridgehead atoms. The maximum absolute atomic E-state index is 12.8. The summed E-state index contributed by atoms with van der Waals surface area (Å²) in [5.74, 6) is -0.389. The molecule has 9 heteroatoms. The molecule has 1 amide bonds. The zero-order chi connectivity index (χ0) is 19.0. The van der Waals surface area contributed by atoms with E-state index in [0.717, 1.165) is 29.4 Å². The van der Waals surface area contributed by atoms with E-state index in [1.54, 1.807) is 34.5 Å². The lowest BCUT2D eigenvalue weighted by Crippen LogP contribution is -2.35. The van der Waals surface area contributed by atoms with Gasteiger partial charge in [-0.3, -0.25) is 9.59 Å². The van der Waals surface area contributed by atoms with E-state index in [-0.39, 0.29) is 29.7 Å². The van der Waals surface area contributed by atoms with Crippen molar-refractivity contribution >= 4 is 22.2 Å². The van der Waals surface area contributed by atoms with E-state index in [1.165, 1.54) is 11.3 Å². The van der Waals surface area contributed by atoms with Crippen LogP contribution in [-0.2, 0) is 17.8 Å². The van der Waals surface area contributed by atoms with Crippen molar-refractivity contribution in [2.24, 2.45) is 0 Å². The first-order valence-corrected chi connectivity index (χ1v) is 9.74. The number of hydrogen-bond donors (Lipinski definition) is 1. The maximum atomic E-state index is 12.8. The molecule has 142 valence electrons. The fraction of sp³-hybridized carbons (Fsp3) is 0.444. The van der Waals surface area contributed by atoms with Gasteiger partial charge in [-0.15, -0.1) is 0 Å². The zero-order valence-electron chi connectivity index (χ0n) is 15.3. The number of nitrogens with zero attached hydrogens (tertiary/aromatic N) is 4. The molecule has 1 aliphatic heterocycles. The Kier molecular flexibility index (Phi) is 4.79. The van der Waals surface area contributed by atoms with Crippen molar-refractivity contribution in [1.82, 2.24) is 24.5 Å². The lowest BCUT2D eigenvalue weighted by Gasteiger charge is -2.14. The molecule has 1 unspecified atom stereocenters. The van der Waals surface area contributed by atoms with E-state index in [4.69, 9.17) is 4.74 Å². The quantitative estimate of drug-likeness (QED) is 0.719. The normalized spacial score (nSPS) is 16.9. The van der Waals surface area contributed by atoms with Crippen molar-refractivity contribution in [3.8, 4) is 0 Å². The van der Waals surface area contributed by atoms with Crippen LogP contribution in [0.2, 0.25) is 0 Å². The largest absolute Gasteiger partial charge is 0.376 e. The number of carbonyl (C=O) groups excluding carboxylic acids is 1. The van der Waals surface area contributed by atoms with Crippen molar-refractivity contribution in [3.05, 3.63) is 50.6 Å². The summed E-state index contributed by atoms with van der Waals surface area (Å²) in [6, 6.07) is 1.80. The fourth-order valence-electron chi connectivity index (χ4n) is 3.28. The van der Waals surface area contributed by atoms with Gasteiger partial charge in [0, 0.05) is 12.8 Å². The summed E-state index contributed by atoms with van der Waals surface area (Å²) in [5, 5.41) is 8.03. The molecule has 0 aliphatic carbocycles. The number of fused-ring (bicyclic) bond motifs is 1. The number of carbonyl (C=O) groups is 1. The Morgan fingerprint density at radius 1 is 1.44 bits per heavy atom. The van der Waals surface area contributed by atoms with E-state index in [1.807, 2.05) is 6.92 Å². The minimum atomic E-state index is -0.389. The second kappa shape index (κ2) is 7.24. The third-order valence-corrected chi connectivity index (χ3v) is 5.49. The molecule has 1 atom stereocenters. The molecule has 1 N–H and O–H groups in total. The predicted molar refractivity (Wildman–Crippen MR) is 101 cm³/mol. The van der Waals surface area contributed by atoms with Crippen LogP contribution in [0.3, 0.4) is 0 Å². The van der Waals surface area contributed by atoms with Crippen molar-refractivity contribution in [2.45, 2.75) is 45.9 Å². The van der Waals surface area contributed by atoms with E-state index in [2.05, 4.69) is 15.4 Å². The summed E-state index contributed by atoms with van der Waals surface area (Å²) < 4.78 is 8.87. The number of pyridine rings is 1. The van der Waals surface area contributed by atoms with Crippen LogP contribution >= 0.6 is 11.3 Å². The highest BCUT2D eigenvalue weighted by atomic mass is 32.1. The average Bonchev–Trinajstić information content (AvgIpc) is 3.32. The van der Waals surface area contributed by atoms with Crippen molar-refractivity contribution < 1.29 is 9.53 Å². The van der Waals surface area contributed by atoms with Crippen molar-refractivity contribution in [2.75, 3.05) is 6.61 Å². The van der Waals surface area contributed by atoms with Crippen LogP contribution in [-0.4, -0.2) is 37.8 Å². The van der Waals surface area contributed by atoms with Crippen LogP contribution in [0.15, 0.2) is 23.3 Å². The number of nitrogens with one attached hydrogen (secondary N) is 1. The molecule has 0 radical (unpaired) electrons. The molecule has 1 saturated heterocycles. The topological polar surface area (TPSA) is 90.5 Å². The first-order valence-electron chi connectivity index (χ1n) is 8.93. The van der Waals surface area contributed by atoms with E-state index >= 15 is 0 Å². The number of ether oxygens (including phenoxy) is 1. The van der Waals surface area contributed by atoms with Crippen LogP contribution in [0.1, 0.15) is 39.5 Å². The smallest absolute Gasteiger partial charge is 0.263 e. The van der Waals surface area contributed by atoms with E-state index in [0.29, 0.717) is 17.8 Å². The zero-order valence-corrected chi connectivity index (χ0v) is 16.1. The Morgan fingerprint density at radius 2 is 2.30 bits per heavy atom. The van der Waals surface area contributed by atoms with E-state index in [9.17, 15) is 9.59 Å². The standard InChI is InChI=1S/C18H21N5O3S/c1-11-5-6-22(10-14-4-3-7-26-14)17(25)15(11)16(24)19-8-13-9-23-18(20-13)27-12(2)21-23/h5-6,9,14H,3-4,7-8,10H2,1-2H3,(H,19,24). The van der Waals surface area contributed by atoms with Gasteiger partial charge in [-0.1, -0.05) is 11.3 Å². The molecule has 27 heavy (non-hydrogen) atoms. The molecule has 4 heterocycles. The molecule has 8 nitrogen and oxygen atoms in total. The van der Waals surface area contributed by atoms with Gasteiger partial charge in [0.2, 0.25) is 4.96 Å². The van der Waals surface area contributed by atoms with Gasteiger partial charge >= 0.3 is 0 Å². The predicted octanol–water partition coefficient (Wildman–Crippen LogP) is 1.68. The van der Waals surface area contributed by atoms with Gasteiger partial charge in [0.1, 0.15) is 10.6 Å². The fourth-order valence-corrected chi connectivity index (χ4v) is 4.02. The minimum Gasteiger partial charge on any atom is -0.376 e. The summed E-state index contributed by atoms with van der Waals surface area (Å²) in [5.41, 5.74) is 1.25. The minimum absolute atomic E-state index is 0.0377. The van der Waals surface area contributed by atoms with Gasteiger partial charge in [-0.05, 0) is 38.3 Å². The third-order valence-electron chi connectivity index (χ3n) is 4.65. The van der Waals surface area contributed by atoms with Gasteiger partial charge in [-0.2, -0.15) is 5.10 Å². The van der Waals surface area contributed by atoms with Crippen molar-refractivity contribution in [3.63, 3.8) is 0 Å². The van der Waals surface area contributed by atoms with E-state index < -0.39 is 0 Å². The first kappa shape index (κ1) is 17.9. The molecular weight excluding hydrogens is 366 g/mol. The van der Waals surface area contributed by atoms with Crippen LogP contribution in [0, 0.1) is 13.8 Å². The van der Waals surface area contributed by atoms with Crippen LogP contribution in [0.25, 0.3) is 4.96 Å². The Morgan fingerprint density at radius 3 is 3.04 bits per heavy atom. The summed E-state index contributed by atoms with van der Waals surface area (Å²) in [6.07, 6.45) is 5.50. The molecule has 3 aromatic heterocycles. The summed E-state index contributed by atoms with van der Waals surface area (Å²) >= 11 is 1.49. The number of rotatable bonds is 5. The summed E-state index contributed by atoms with van der Waals surface area (Å²) in [4.78, 5) is 30.7. The Balaban J connectivity index is 1.49. The number of aromatic nitrogens is 4. The van der Waals surface area contributed by atoms with Gasteiger partial charge in [-0.25, -0.2) is 9.50 Å². The first-order chi connectivity index (χ1) is 13.0. The monoisotopic (exact) mass is 387 g/mol. The highest BCUT2D eigenvalue weighted by molar-refractivity contribution is 7.16. The highest BCUT2D eigenvalue weighted by Crippen LogP contribution is 2.15. The van der Waals surface area contributed by atoms with Gasteiger partial charge in [0.05, 0.1) is 31.1 Å². The molecule has 1 aliphatic rings. The van der Waals surface area contributed by atoms with Crippen LogP contribution in [0.5, 0.6) is 0 Å². The maximum Gasteiger partial charge on any atom is 0.263 e. The van der Waals surface area contributed by atoms with Crippen LogP contribution in [0.4, 0.5) is 0 Å². The number of amides is 1. The molecule has 4 rings (SSSR count). The van der Waals surface area contributed by atoms with Crippen molar-refractivity contribution in [1.29, 1.82) is 0 Å². The highest BCUT2D eigenvalue weighted by Gasteiger charge is 2.20. The molecule has 0 spiro atoms. The Labute approximate surface area is 159 Å². The summed E-state index contributed by atoms with van der Waals surface area (Å²) in [6.45, 7) is 5.14. The molecule has 0 saturated carbocycles. The number of imidazole rings is 1. The third kappa shape index (κ3) is 3.65. The Hall–Kier alpha value is -2.52. The lowest BCUT2D eigenvalue weighted by atomic mass is 10.1. The van der Waals surface area contributed by atoms with Crippen LogP contribution < -0.4 is 10.9 Å². The average molecular weight is 387 g/mol. The lowest BCUT2D eigenvalue weighted by molar-refractivity contribution is 0.0928. The molecule has 0 aromatic carbocycles. The second-order valence-corrected chi connectivity index (χ2v) is 7.89. The molecule has 1 fully saturated rings. The van der Waals surface area contributed by atoms with Gasteiger partial charge < -0.3 is 14.6 Å². The van der Waals surface area contributed by atoms with Gasteiger partial charge in [0.25, 0.3) is 11.5 Å².